The summed E-state index contributed by atoms with van der Waals surface area (Å²) in [6.07, 6.45) is 10.9. The van der Waals surface area contributed by atoms with Gasteiger partial charge in [-0.3, -0.25) is 9.59 Å². The van der Waals surface area contributed by atoms with Gasteiger partial charge in [0.15, 0.2) is 0 Å². The summed E-state index contributed by atoms with van der Waals surface area (Å²) < 4.78 is 5.56. The Bertz CT molecular complexity index is 1220. The summed E-state index contributed by atoms with van der Waals surface area (Å²) in [6, 6.07) is 12.6. The first-order valence-corrected chi connectivity index (χ1v) is 16.9. The second kappa shape index (κ2) is 17.8. The highest BCUT2D eigenvalue weighted by Gasteiger charge is 2.37. The Morgan fingerprint density at radius 1 is 0.956 bits per heavy atom. The number of amides is 3. The van der Waals surface area contributed by atoms with Gasteiger partial charge in [0.05, 0.1) is 0 Å². The molecule has 1 aliphatic carbocycles. The van der Waals surface area contributed by atoms with E-state index in [1.807, 2.05) is 31.2 Å². The van der Waals surface area contributed by atoms with Gasteiger partial charge >= 0.3 is 6.09 Å². The van der Waals surface area contributed by atoms with E-state index in [2.05, 4.69) is 17.6 Å². The molecule has 2 unspecified atom stereocenters. The van der Waals surface area contributed by atoms with E-state index in [4.69, 9.17) is 4.74 Å². The summed E-state index contributed by atoms with van der Waals surface area (Å²) >= 11 is 0. The third-order valence-electron chi connectivity index (χ3n) is 8.27. The highest BCUT2D eigenvalue weighted by molar-refractivity contribution is 5.92. The van der Waals surface area contributed by atoms with E-state index in [9.17, 15) is 19.5 Å². The Morgan fingerprint density at radius 3 is 2.27 bits per heavy atom. The molecule has 1 saturated carbocycles. The molecule has 8 heteroatoms. The lowest BCUT2D eigenvalue weighted by atomic mass is 9.94. The van der Waals surface area contributed by atoms with Crippen molar-refractivity contribution in [3.63, 3.8) is 0 Å². The molecule has 45 heavy (non-hydrogen) atoms. The summed E-state index contributed by atoms with van der Waals surface area (Å²) in [5.41, 5.74) is 1.77. The highest BCUT2D eigenvalue weighted by Crippen LogP contribution is 2.27. The quantitative estimate of drug-likeness (QED) is 0.178. The van der Waals surface area contributed by atoms with Crippen LogP contribution >= 0.6 is 0 Å². The number of carbonyl (C=O) groups is 3. The van der Waals surface area contributed by atoms with E-state index in [-0.39, 0.29) is 30.0 Å². The van der Waals surface area contributed by atoms with Gasteiger partial charge in [0.2, 0.25) is 11.8 Å². The maximum Gasteiger partial charge on any atom is 0.408 e. The first-order chi connectivity index (χ1) is 21.5. The molecule has 8 nitrogen and oxygen atoms in total. The summed E-state index contributed by atoms with van der Waals surface area (Å²) in [5.74, 6) is -0.411. The van der Waals surface area contributed by atoms with Crippen molar-refractivity contribution in [2.45, 2.75) is 135 Å². The Balaban J connectivity index is 2.00. The van der Waals surface area contributed by atoms with E-state index in [1.54, 1.807) is 49.9 Å². The standard InChI is InChI=1S/C37H55N3O5/c1-6-7-8-9-10-14-24-40(33(29-17-15-16-27(2)25-29)34(42)38-30-18-12-11-13-19-30)35(43)32(39-36(44)45-37(3,4)5)26-28-20-22-31(41)23-21-28/h15-17,20-23,25,30,32-33,41H,6-14,18-19,24,26H2,1-5H3,(H,38,42)(H,39,44). The van der Waals surface area contributed by atoms with Crippen LogP contribution in [0.3, 0.4) is 0 Å². The molecular weight excluding hydrogens is 566 g/mol. The minimum Gasteiger partial charge on any atom is -0.508 e. The van der Waals surface area contributed by atoms with E-state index >= 15 is 0 Å². The number of alkyl carbamates (subject to hydrolysis) is 1. The number of phenolic OH excluding ortho intramolecular Hbond substituents is 1. The molecule has 3 N–H and O–H groups in total. The van der Waals surface area contributed by atoms with Crippen molar-refractivity contribution in [1.82, 2.24) is 15.5 Å². The molecule has 0 aromatic heterocycles. The minimum absolute atomic E-state index is 0.0808. The molecule has 0 radical (unpaired) electrons. The van der Waals surface area contributed by atoms with Crippen molar-refractivity contribution in [2.75, 3.05) is 6.54 Å². The summed E-state index contributed by atoms with van der Waals surface area (Å²) in [4.78, 5) is 43.7. The average Bonchev–Trinajstić information content (AvgIpc) is 2.98. The van der Waals surface area contributed by atoms with E-state index in [0.717, 1.165) is 74.5 Å². The van der Waals surface area contributed by atoms with Gasteiger partial charge in [-0.1, -0.05) is 100 Å². The highest BCUT2D eigenvalue weighted by atomic mass is 16.6. The van der Waals surface area contributed by atoms with Gasteiger partial charge in [-0.15, -0.1) is 0 Å². The van der Waals surface area contributed by atoms with Crippen LogP contribution in [0.25, 0.3) is 0 Å². The van der Waals surface area contributed by atoms with Crippen LogP contribution in [0.4, 0.5) is 4.79 Å². The van der Waals surface area contributed by atoms with Gasteiger partial charge in [-0.05, 0) is 70.2 Å². The van der Waals surface area contributed by atoms with Gasteiger partial charge in [0.25, 0.3) is 0 Å². The molecule has 2 aromatic rings. The number of unbranched alkanes of at least 4 members (excludes halogenated alkanes) is 5. The predicted molar refractivity (Wildman–Crippen MR) is 179 cm³/mol. The lowest BCUT2D eigenvalue weighted by Gasteiger charge is -2.36. The van der Waals surface area contributed by atoms with Crippen LogP contribution in [0.1, 0.15) is 121 Å². The Morgan fingerprint density at radius 2 is 1.62 bits per heavy atom. The first kappa shape index (κ1) is 35.9. The van der Waals surface area contributed by atoms with Crippen molar-refractivity contribution < 1.29 is 24.2 Å². The molecule has 0 aliphatic heterocycles. The van der Waals surface area contributed by atoms with E-state index in [0.29, 0.717) is 6.54 Å². The zero-order valence-corrected chi connectivity index (χ0v) is 28.1. The topological polar surface area (TPSA) is 108 Å². The lowest BCUT2D eigenvalue weighted by Crippen LogP contribution is -2.54. The third-order valence-corrected chi connectivity index (χ3v) is 8.27. The van der Waals surface area contributed by atoms with Crippen molar-refractivity contribution in [2.24, 2.45) is 0 Å². The third kappa shape index (κ3) is 12.4. The molecule has 0 spiro atoms. The van der Waals surface area contributed by atoms with E-state index in [1.165, 1.54) is 12.8 Å². The van der Waals surface area contributed by atoms with Crippen LogP contribution in [0.5, 0.6) is 5.75 Å². The number of hydrogen-bond donors (Lipinski definition) is 3. The number of benzene rings is 2. The van der Waals surface area contributed by atoms with E-state index < -0.39 is 23.8 Å². The number of aromatic hydroxyl groups is 1. The summed E-state index contributed by atoms with van der Waals surface area (Å²) in [6.45, 7) is 9.87. The number of phenols is 1. The Hall–Kier alpha value is -3.55. The molecule has 248 valence electrons. The second-order valence-corrected chi connectivity index (χ2v) is 13.5. The molecule has 3 rings (SSSR count). The molecule has 2 atom stereocenters. The molecule has 0 saturated heterocycles. The van der Waals surface area contributed by atoms with Crippen molar-refractivity contribution >= 4 is 17.9 Å². The number of ether oxygens (including phenoxy) is 1. The summed E-state index contributed by atoms with van der Waals surface area (Å²) in [7, 11) is 0. The molecule has 1 aliphatic rings. The lowest BCUT2D eigenvalue weighted by molar-refractivity contribution is -0.143. The molecular formula is C37H55N3O5. The van der Waals surface area contributed by atoms with Crippen LogP contribution in [0, 0.1) is 6.92 Å². The normalized spacial score (nSPS) is 15.1. The zero-order valence-electron chi connectivity index (χ0n) is 28.1. The van der Waals surface area contributed by atoms with Crippen molar-refractivity contribution in [3.8, 4) is 5.75 Å². The van der Waals surface area contributed by atoms with Gasteiger partial charge in [-0.25, -0.2) is 4.79 Å². The molecule has 0 bridgehead atoms. The smallest absolute Gasteiger partial charge is 0.408 e. The minimum atomic E-state index is -0.987. The maximum absolute atomic E-state index is 14.7. The SMILES string of the molecule is CCCCCCCCN(C(=O)C(Cc1ccc(O)cc1)NC(=O)OC(C)(C)C)C(C(=O)NC1CCCCC1)c1cccc(C)c1. The van der Waals surface area contributed by atoms with Gasteiger partial charge in [-0.2, -0.15) is 0 Å². The van der Waals surface area contributed by atoms with Gasteiger partial charge < -0.3 is 25.4 Å². The van der Waals surface area contributed by atoms with Crippen LogP contribution in [0.15, 0.2) is 48.5 Å². The zero-order chi connectivity index (χ0) is 32.8. The van der Waals surface area contributed by atoms with Crippen LogP contribution in [-0.2, 0) is 20.7 Å². The Kier molecular flexibility index (Phi) is 14.2. The molecule has 3 amide bonds. The first-order valence-electron chi connectivity index (χ1n) is 16.9. The molecule has 2 aromatic carbocycles. The van der Waals surface area contributed by atoms with Crippen molar-refractivity contribution in [3.05, 3.63) is 65.2 Å². The number of aryl methyl sites for hydroxylation is 1. The van der Waals surface area contributed by atoms with Crippen LogP contribution < -0.4 is 10.6 Å². The fraction of sp³-hybridized carbons (Fsp3) is 0.595. The number of nitrogens with zero attached hydrogens (tertiary/aromatic N) is 1. The number of carbonyl (C=O) groups excluding carboxylic acids is 3. The number of nitrogens with one attached hydrogen (secondary N) is 2. The fourth-order valence-electron chi connectivity index (χ4n) is 5.99. The largest absolute Gasteiger partial charge is 0.508 e. The Labute approximate surface area is 270 Å². The number of rotatable bonds is 15. The van der Waals surface area contributed by atoms with Gasteiger partial charge in [0.1, 0.15) is 23.4 Å². The molecule has 0 heterocycles. The second-order valence-electron chi connectivity index (χ2n) is 13.5. The fourth-order valence-corrected chi connectivity index (χ4v) is 5.99. The summed E-state index contributed by atoms with van der Waals surface area (Å²) in [5, 5.41) is 16.0. The van der Waals surface area contributed by atoms with Crippen LogP contribution in [-0.4, -0.2) is 52.1 Å². The monoisotopic (exact) mass is 621 g/mol. The molecule has 1 fully saturated rings. The van der Waals surface area contributed by atoms with Crippen molar-refractivity contribution in [1.29, 1.82) is 0 Å². The maximum atomic E-state index is 14.7. The van der Waals surface area contributed by atoms with Gasteiger partial charge in [0, 0.05) is 19.0 Å². The average molecular weight is 622 g/mol. The predicted octanol–water partition coefficient (Wildman–Crippen LogP) is 7.52. The number of hydrogen-bond acceptors (Lipinski definition) is 5. The van der Waals surface area contributed by atoms with Crippen LogP contribution in [0.2, 0.25) is 0 Å².